The molecule has 0 bridgehead atoms. The van der Waals surface area contributed by atoms with Crippen LogP contribution in [0.5, 0.6) is 0 Å². The molecule has 162 valence electrons. The first kappa shape index (κ1) is 21.9. The smallest absolute Gasteiger partial charge is 0.410 e. The van der Waals surface area contributed by atoms with Crippen LogP contribution in [0, 0.1) is 0 Å². The van der Waals surface area contributed by atoms with Gasteiger partial charge in [0.05, 0.1) is 18.2 Å². The lowest BCUT2D eigenvalue weighted by atomic mass is 10.0. The van der Waals surface area contributed by atoms with Crippen LogP contribution >= 0.6 is 11.6 Å². The second-order valence-electron chi connectivity index (χ2n) is 8.04. The molecule has 0 radical (unpaired) electrons. The Morgan fingerprint density at radius 1 is 1.33 bits per heavy atom. The summed E-state index contributed by atoms with van der Waals surface area (Å²) in [7, 11) is 0. The summed E-state index contributed by atoms with van der Waals surface area (Å²) in [6.07, 6.45) is -0.223. The third kappa shape index (κ3) is 5.02. The summed E-state index contributed by atoms with van der Waals surface area (Å²) in [5.74, 6) is -3.81. The maximum absolute atomic E-state index is 14.3. The number of amides is 2. The Morgan fingerprint density at radius 3 is 2.67 bits per heavy atom. The molecular weight excluding hydrogens is 422 g/mol. The molecule has 1 saturated heterocycles. The third-order valence-electron chi connectivity index (χ3n) is 4.23. The quantitative estimate of drug-likeness (QED) is 0.700. The zero-order valence-corrected chi connectivity index (χ0v) is 17.3. The normalized spacial score (nSPS) is 18.9. The van der Waals surface area contributed by atoms with Crippen LogP contribution in [0.4, 0.5) is 19.4 Å². The fourth-order valence-corrected chi connectivity index (χ4v) is 3.35. The molecule has 2 aromatic heterocycles. The number of nitrogens with zero attached hydrogens (tertiary/aromatic N) is 4. The Hall–Kier alpha value is -2.82. The summed E-state index contributed by atoms with van der Waals surface area (Å²) in [5.41, 5.74) is 4.81. The summed E-state index contributed by atoms with van der Waals surface area (Å²) in [5, 5.41) is 2.84. The fourth-order valence-electron chi connectivity index (χ4n) is 3.16. The Bertz CT molecular complexity index is 998. The Labute approximate surface area is 176 Å². The van der Waals surface area contributed by atoms with Crippen molar-refractivity contribution in [2.75, 3.05) is 18.4 Å². The van der Waals surface area contributed by atoms with Gasteiger partial charge in [-0.25, -0.2) is 28.5 Å². The van der Waals surface area contributed by atoms with E-state index in [-0.39, 0.29) is 34.1 Å². The third-order valence-corrected chi connectivity index (χ3v) is 4.42. The number of primary amides is 1. The second kappa shape index (κ2) is 7.78. The summed E-state index contributed by atoms with van der Waals surface area (Å²) in [6, 6.07) is 0.402. The number of piperidine rings is 1. The van der Waals surface area contributed by atoms with Gasteiger partial charge in [0.1, 0.15) is 28.1 Å². The van der Waals surface area contributed by atoms with E-state index in [0.717, 1.165) is 11.2 Å². The van der Waals surface area contributed by atoms with Crippen LogP contribution in [0.3, 0.4) is 0 Å². The van der Waals surface area contributed by atoms with Crippen molar-refractivity contribution in [1.29, 1.82) is 0 Å². The predicted molar refractivity (Wildman–Crippen MR) is 106 cm³/mol. The van der Waals surface area contributed by atoms with E-state index in [1.807, 2.05) is 0 Å². The largest absolute Gasteiger partial charge is 0.444 e. The Morgan fingerprint density at radius 2 is 2.03 bits per heavy atom. The highest BCUT2D eigenvalue weighted by Crippen LogP contribution is 2.31. The number of pyridine rings is 1. The van der Waals surface area contributed by atoms with Gasteiger partial charge in [-0.1, -0.05) is 11.6 Å². The van der Waals surface area contributed by atoms with E-state index < -0.39 is 42.5 Å². The molecule has 0 saturated carbocycles. The van der Waals surface area contributed by atoms with E-state index in [0.29, 0.717) is 0 Å². The highest BCUT2D eigenvalue weighted by molar-refractivity contribution is 6.30. The molecule has 3 heterocycles. The van der Waals surface area contributed by atoms with Crippen LogP contribution in [0.2, 0.25) is 5.15 Å². The number of nitrogens with one attached hydrogen (secondary N) is 1. The summed E-state index contributed by atoms with van der Waals surface area (Å²) >= 11 is 5.96. The zero-order valence-electron chi connectivity index (χ0n) is 16.6. The number of carbonyl (C=O) groups is 2. The van der Waals surface area contributed by atoms with E-state index in [2.05, 4.69) is 20.3 Å². The van der Waals surface area contributed by atoms with Crippen LogP contribution in [0.15, 0.2) is 12.4 Å². The predicted octanol–water partition coefficient (Wildman–Crippen LogP) is 2.83. The molecule has 0 spiro atoms. The standard InChI is InChI=1S/C18H21ClF2N6O3/c1-17(2,3)30-16(29)27-6-9(5-18(20,21)7-27)25-15-13-12(23-8-24-15)10(14(22)28)4-11(19)26-13/h4,8-9H,5-7H2,1-3H3,(H2,22,28)(H,23,24,25)/t9-/m0/s1. The maximum atomic E-state index is 14.3. The first-order valence-corrected chi connectivity index (χ1v) is 9.46. The lowest BCUT2D eigenvalue weighted by Crippen LogP contribution is -2.54. The van der Waals surface area contributed by atoms with Gasteiger partial charge in [-0.3, -0.25) is 4.79 Å². The molecule has 2 aromatic rings. The van der Waals surface area contributed by atoms with Gasteiger partial charge in [-0.2, -0.15) is 0 Å². The molecule has 0 aliphatic carbocycles. The van der Waals surface area contributed by atoms with E-state index in [1.165, 1.54) is 6.07 Å². The topological polar surface area (TPSA) is 123 Å². The fraction of sp³-hybridized carbons (Fsp3) is 0.500. The van der Waals surface area contributed by atoms with Crippen molar-refractivity contribution in [1.82, 2.24) is 19.9 Å². The minimum atomic E-state index is -3.14. The lowest BCUT2D eigenvalue weighted by Gasteiger charge is -2.38. The van der Waals surface area contributed by atoms with Crippen molar-refractivity contribution in [3.05, 3.63) is 23.1 Å². The molecule has 0 aromatic carbocycles. The minimum Gasteiger partial charge on any atom is -0.444 e. The second-order valence-corrected chi connectivity index (χ2v) is 8.43. The number of hydrogen-bond acceptors (Lipinski definition) is 7. The number of aromatic nitrogens is 3. The molecular formula is C18H21ClF2N6O3. The van der Waals surface area contributed by atoms with Crippen molar-refractivity contribution in [3.8, 4) is 0 Å². The van der Waals surface area contributed by atoms with E-state index >= 15 is 0 Å². The number of ether oxygens (including phenoxy) is 1. The number of halogens is 3. The molecule has 0 unspecified atom stereocenters. The molecule has 1 atom stereocenters. The molecule has 2 amide bonds. The number of carbonyl (C=O) groups excluding carboxylic acids is 2. The number of fused-ring (bicyclic) bond motifs is 1. The molecule has 1 aliphatic rings. The highest BCUT2D eigenvalue weighted by Gasteiger charge is 2.43. The van der Waals surface area contributed by atoms with Crippen molar-refractivity contribution < 1.29 is 23.1 Å². The number of nitrogens with two attached hydrogens (primary N) is 1. The van der Waals surface area contributed by atoms with E-state index in [1.54, 1.807) is 20.8 Å². The number of likely N-dealkylation sites (tertiary alicyclic amines) is 1. The first-order chi connectivity index (χ1) is 13.8. The number of anilines is 1. The van der Waals surface area contributed by atoms with Gasteiger partial charge in [-0.15, -0.1) is 0 Å². The zero-order chi connectivity index (χ0) is 22.3. The van der Waals surface area contributed by atoms with Crippen LogP contribution in [-0.4, -0.2) is 62.5 Å². The molecule has 3 N–H and O–H groups in total. The SMILES string of the molecule is CC(C)(C)OC(=O)N1C[C@@H](Nc2ncnc3c(C(N)=O)cc(Cl)nc23)CC(F)(F)C1. The molecule has 3 rings (SSSR count). The van der Waals surface area contributed by atoms with Gasteiger partial charge >= 0.3 is 6.09 Å². The van der Waals surface area contributed by atoms with Crippen LogP contribution in [0.1, 0.15) is 37.6 Å². The minimum absolute atomic E-state index is 0.0276. The van der Waals surface area contributed by atoms with Crippen molar-refractivity contribution in [3.63, 3.8) is 0 Å². The van der Waals surface area contributed by atoms with E-state index in [4.69, 9.17) is 22.1 Å². The molecule has 12 heteroatoms. The molecule has 1 fully saturated rings. The van der Waals surface area contributed by atoms with Crippen molar-refractivity contribution in [2.45, 2.75) is 44.8 Å². The van der Waals surface area contributed by atoms with Gasteiger partial charge < -0.3 is 20.7 Å². The Kier molecular flexibility index (Phi) is 5.68. The van der Waals surface area contributed by atoms with Gasteiger partial charge in [0.15, 0.2) is 5.82 Å². The van der Waals surface area contributed by atoms with Crippen molar-refractivity contribution >= 4 is 40.5 Å². The Balaban J connectivity index is 1.90. The summed E-state index contributed by atoms with van der Waals surface area (Å²) in [6.45, 7) is 4.17. The van der Waals surface area contributed by atoms with Crippen LogP contribution in [0.25, 0.3) is 11.0 Å². The van der Waals surface area contributed by atoms with Gasteiger partial charge in [-0.05, 0) is 26.8 Å². The first-order valence-electron chi connectivity index (χ1n) is 9.08. The molecule has 9 nitrogen and oxygen atoms in total. The maximum Gasteiger partial charge on any atom is 0.410 e. The summed E-state index contributed by atoms with van der Waals surface area (Å²) in [4.78, 5) is 37.1. The van der Waals surface area contributed by atoms with Crippen molar-refractivity contribution in [2.24, 2.45) is 5.73 Å². The van der Waals surface area contributed by atoms with Gasteiger partial charge in [0.2, 0.25) is 0 Å². The average Bonchev–Trinajstić information content (AvgIpc) is 2.58. The molecule has 30 heavy (non-hydrogen) atoms. The van der Waals surface area contributed by atoms with E-state index in [9.17, 15) is 18.4 Å². The highest BCUT2D eigenvalue weighted by atomic mass is 35.5. The molecule has 1 aliphatic heterocycles. The number of alkyl halides is 2. The number of hydrogen-bond donors (Lipinski definition) is 2. The number of rotatable bonds is 3. The van der Waals surface area contributed by atoms with Gasteiger partial charge in [0.25, 0.3) is 11.8 Å². The average molecular weight is 443 g/mol. The van der Waals surface area contributed by atoms with Gasteiger partial charge in [0, 0.05) is 13.0 Å². The lowest BCUT2D eigenvalue weighted by molar-refractivity contribution is -0.0722. The monoisotopic (exact) mass is 442 g/mol. The van der Waals surface area contributed by atoms with Crippen LogP contribution < -0.4 is 11.1 Å². The summed E-state index contributed by atoms with van der Waals surface area (Å²) < 4.78 is 33.9. The van der Waals surface area contributed by atoms with Crippen LogP contribution in [-0.2, 0) is 4.74 Å².